The minimum absolute atomic E-state index is 0.0229. The molecule has 0 spiro atoms. The zero-order chi connectivity index (χ0) is 12.1. The van der Waals surface area contributed by atoms with Gasteiger partial charge in [-0.25, -0.2) is 0 Å². The van der Waals surface area contributed by atoms with Crippen molar-refractivity contribution in [1.29, 1.82) is 0 Å². The second-order valence-electron chi connectivity index (χ2n) is 3.58. The summed E-state index contributed by atoms with van der Waals surface area (Å²) >= 11 is 1.22. The van der Waals surface area contributed by atoms with E-state index in [1.165, 1.54) is 18.7 Å². The molecular weight excluding hydrogens is 225 g/mol. The van der Waals surface area contributed by atoms with E-state index >= 15 is 0 Å². The fraction of sp³-hybridized carbons (Fsp3) is 0.900. The quantitative estimate of drug-likeness (QED) is 0.706. The molecule has 0 aliphatic rings. The van der Waals surface area contributed by atoms with Crippen molar-refractivity contribution < 1.29 is 18.0 Å². The first-order valence-corrected chi connectivity index (χ1v) is 6.01. The molecule has 0 fully saturated rings. The van der Waals surface area contributed by atoms with Crippen molar-refractivity contribution >= 4 is 17.5 Å². The number of Topliss-reactive ketones (excluding diaryl/α,β-unsaturated/α-hetero) is 1. The van der Waals surface area contributed by atoms with Crippen LogP contribution in [0.3, 0.4) is 0 Å². The molecule has 0 heterocycles. The van der Waals surface area contributed by atoms with Gasteiger partial charge in [0.25, 0.3) is 0 Å². The summed E-state index contributed by atoms with van der Waals surface area (Å²) < 4.78 is 37.4. The monoisotopic (exact) mass is 242 g/mol. The van der Waals surface area contributed by atoms with Crippen molar-refractivity contribution in [3.05, 3.63) is 0 Å². The largest absolute Gasteiger partial charge is 0.392 e. The topological polar surface area (TPSA) is 17.1 Å². The molecule has 0 aliphatic carbocycles. The summed E-state index contributed by atoms with van der Waals surface area (Å²) in [7, 11) is 0. The molecule has 5 heteroatoms. The first-order valence-electron chi connectivity index (χ1n) is 4.96. The summed E-state index contributed by atoms with van der Waals surface area (Å²) in [4.78, 5) is 10.6. The third kappa shape index (κ3) is 6.07. The smallest absolute Gasteiger partial charge is 0.300 e. The maximum atomic E-state index is 12.5. The molecule has 0 aromatic rings. The summed E-state index contributed by atoms with van der Waals surface area (Å²) in [6.07, 6.45) is -3.68. The van der Waals surface area contributed by atoms with Gasteiger partial charge in [0.15, 0.2) is 0 Å². The van der Waals surface area contributed by atoms with Gasteiger partial charge >= 0.3 is 6.18 Å². The van der Waals surface area contributed by atoms with E-state index in [-0.39, 0.29) is 12.2 Å². The van der Waals surface area contributed by atoms with Crippen molar-refractivity contribution in [3.8, 4) is 0 Å². The Morgan fingerprint density at radius 1 is 1.40 bits per heavy atom. The SMILES string of the molecule is CCC([C@@H](C)SCCC(C)=O)C(F)(F)F. The molecule has 2 atom stereocenters. The number of hydrogen-bond donors (Lipinski definition) is 0. The lowest BCUT2D eigenvalue weighted by Gasteiger charge is -2.24. The second kappa shape index (κ2) is 6.40. The molecule has 1 nitrogen and oxygen atoms in total. The molecule has 0 saturated carbocycles. The Bertz CT molecular complexity index is 203. The highest BCUT2D eigenvalue weighted by atomic mass is 32.2. The lowest BCUT2D eigenvalue weighted by molar-refractivity contribution is -0.174. The first kappa shape index (κ1) is 14.8. The van der Waals surface area contributed by atoms with Crippen molar-refractivity contribution in [3.63, 3.8) is 0 Å². The van der Waals surface area contributed by atoms with E-state index in [0.717, 1.165) is 0 Å². The van der Waals surface area contributed by atoms with Gasteiger partial charge in [-0.1, -0.05) is 13.8 Å². The van der Waals surface area contributed by atoms with Crippen LogP contribution in [0.15, 0.2) is 0 Å². The predicted octanol–water partition coefficient (Wildman–Crippen LogP) is 3.68. The second-order valence-corrected chi connectivity index (χ2v) is 5.07. The van der Waals surface area contributed by atoms with E-state index in [9.17, 15) is 18.0 Å². The van der Waals surface area contributed by atoms with Crippen molar-refractivity contribution in [2.75, 3.05) is 5.75 Å². The Morgan fingerprint density at radius 3 is 2.27 bits per heavy atom. The molecule has 0 rings (SSSR count). The van der Waals surface area contributed by atoms with Crippen molar-refractivity contribution in [2.24, 2.45) is 5.92 Å². The fourth-order valence-corrected chi connectivity index (χ4v) is 2.69. The maximum Gasteiger partial charge on any atom is 0.392 e. The Morgan fingerprint density at radius 2 is 1.93 bits per heavy atom. The third-order valence-corrected chi connectivity index (χ3v) is 3.56. The van der Waals surface area contributed by atoms with Crippen LogP contribution in [0.25, 0.3) is 0 Å². The fourth-order valence-electron chi connectivity index (χ4n) is 1.33. The summed E-state index contributed by atoms with van der Waals surface area (Å²) in [5, 5.41) is -0.477. The van der Waals surface area contributed by atoms with Crippen LogP contribution in [-0.2, 0) is 4.79 Å². The lowest BCUT2D eigenvalue weighted by atomic mass is 10.0. The average molecular weight is 242 g/mol. The molecule has 0 saturated heterocycles. The maximum absolute atomic E-state index is 12.5. The summed E-state index contributed by atoms with van der Waals surface area (Å²) in [5.41, 5.74) is 0. The van der Waals surface area contributed by atoms with Gasteiger partial charge in [0.05, 0.1) is 5.92 Å². The van der Waals surface area contributed by atoms with Gasteiger partial charge in [0, 0.05) is 17.4 Å². The van der Waals surface area contributed by atoms with Crippen LogP contribution in [-0.4, -0.2) is 23.0 Å². The van der Waals surface area contributed by atoms with Crippen LogP contribution in [0.4, 0.5) is 13.2 Å². The van der Waals surface area contributed by atoms with E-state index in [4.69, 9.17) is 0 Å². The van der Waals surface area contributed by atoms with Gasteiger partial charge in [0.2, 0.25) is 0 Å². The number of rotatable bonds is 6. The minimum atomic E-state index is -4.13. The number of halogens is 3. The van der Waals surface area contributed by atoms with Gasteiger partial charge in [-0.2, -0.15) is 24.9 Å². The number of carbonyl (C=O) groups excluding carboxylic acids is 1. The zero-order valence-electron chi connectivity index (χ0n) is 9.23. The number of thioether (sulfide) groups is 1. The van der Waals surface area contributed by atoms with Crippen LogP contribution >= 0.6 is 11.8 Å². The first-order chi connectivity index (χ1) is 6.79. The molecular formula is C10H17F3OS. The van der Waals surface area contributed by atoms with Gasteiger partial charge in [0.1, 0.15) is 5.78 Å². The summed E-state index contributed by atoms with van der Waals surface area (Å²) in [5.74, 6) is -0.771. The van der Waals surface area contributed by atoms with Crippen molar-refractivity contribution in [1.82, 2.24) is 0 Å². The van der Waals surface area contributed by atoms with E-state index in [2.05, 4.69) is 0 Å². The van der Waals surface area contributed by atoms with Crippen molar-refractivity contribution in [2.45, 2.75) is 45.0 Å². The minimum Gasteiger partial charge on any atom is -0.300 e. The molecule has 15 heavy (non-hydrogen) atoms. The molecule has 0 aromatic heterocycles. The van der Waals surface area contributed by atoms with Gasteiger partial charge in [-0.15, -0.1) is 0 Å². The van der Waals surface area contributed by atoms with Crippen LogP contribution in [0.2, 0.25) is 0 Å². The van der Waals surface area contributed by atoms with Crippen LogP contribution in [0.1, 0.15) is 33.6 Å². The lowest BCUT2D eigenvalue weighted by Crippen LogP contribution is -2.30. The van der Waals surface area contributed by atoms with Gasteiger partial charge in [-0.05, 0) is 13.3 Å². The van der Waals surface area contributed by atoms with E-state index in [1.807, 2.05) is 0 Å². The molecule has 0 bridgehead atoms. The number of ketones is 1. The number of alkyl halides is 3. The highest BCUT2D eigenvalue weighted by Gasteiger charge is 2.41. The highest BCUT2D eigenvalue weighted by Crippen LogP contribution is 2.36. The van der Waals surface area contributed by atoms with E-state index in [0.29, 0.717) is 12.2 Å². The standard InChI is InChI=1S/C10H17F3OS/c1-4-9(10(11,12)13)8(3)15-6-5-7(2)14/h8-9H,4-6H2,1-3H3/t8-,9?/m1/s1. The molecule has 0 radical (unpaired) electrons. The van der Waals surface area contributed by atoms with Gasteiger partial charge in [-0.3, -0.25) is 4.79 Å². The number of carbonyl (C=O) groups is 1. The van der Waals surface area contributed by atoms with Crippen LogP contribution in [0.5, 0.6) is 0 Å². The highest BCUT2D eigenvalue weighted by molar-refractivity contribution is 7.99. The molecule has 0 aromatic carbocycles. The van der Waals surface area contributed by atoms with E-state index in [1.54, 1.807) is 13.8 Å². The Kier molecular flexibility index (Phi) is 6.32. The normalized spacial score (nSPS) is 16.1. The summed E-state index contributed by atoms with van der Waals surface area (Å²) in [6.45, 7) is 4.57. The number of hydrogen-bond acceptors (Lipinski definition) is 2. The Labute approximate surface area is 92.8 Å². The van der Waals surface area contributed by atoms with Crippen LogP contribution < -0.4 is 0 Å². The van der Waals surface area contributed by atoms with Gasteiger partial charge < -0.3 is 0 Å². The van der Waals surface area contributed by atoms with E-state index < -0.39 is 17.3 Å². The third-order valence-electron chi connectivity index (χ3n) is 2.26. The zero-order valence-corrected chi connectivity index (χ0v) is 10.0. The molecule has 90 valence electrons. The Hall–Kier alpha value is -0.190. The predicted molar refractivity (Wildman–Crippen MR) is 57.1 cm³/mol. The summed E-state index contributed by atoms with van der Waals surface area (Å²) in [6, 6.07) is 0. The average Bonchev–Trinajstić information content (AvgIpc) is 2.01. The molecule has 0 amide bonds. The molecule has 0 aliphatic heterocycles. The molecule has 1 unspecified atom stereocenters. The Balaban J connectivity index is 4.05. The van der Waals surface area contributed by atoms with Crippen LogP contribution in [0, 0.1) is 5.92 Å². The molecule has 0 N–H and O–H groups in total.